The Bertz CT molecular complexity index is 2090. The van der Waals surface area contributed by atoms with Gasteiger partial charge in [0, 0.05) is 23.1 Å². The summed E-state index contributed by atoms with van der Waals surface area (Å²) >= 11 is 6.15. The lowest BCUT2D eigenvalue weighted by Gasteiger charge is -2.14. The van der Waals surface area contributed by atoms with Gasteiger partial charge in [0.05, 0.1) is 26.9 Å². The van der Waals surface area contributed by atoms with Crippen LogP contribution in [0.3, 0.4) is 0 Å². The number of benzene rings is 4. The van der Waals surface area contributed by atoms with Crippen molar-refractivity contribution in [2.75, 3.05) is 17.8 Å². The van der Waals surface area contributed by atoms with Crippen LogP contribution in [0.2, 0.25) is 5.02 Å². The SMILES string of the molecule is Cc1cc(C(=O)Nc2ccc(-c3ccccc3S(C)(=O)=O)cc2F)n(-c2cc3cc(Cl)ccc3cc2S(C)(=O)=O)n1. The number of sulfone groups is 2. The molecule has 1 amide bonds. The number of aromatic nitrogens is 2. The molecule has 0 saturated heterocycles. The fourth-order valence-corrected chi connectivity index (χ4v) is 6.50. The third kappa shape index (κ3) is 5.74. The van der Waals surface area contributed by atoms with Crippen LogP contribution in [0.25, 0.3) is 27.6 Å². The molecule has 0 fully saturated rings. The van der Waals surface area contributed by atoms with Gasteiger partial charge in [0.1, 0.15) is 11.5 Å². The summed E-state index contributed by atoms with van der Waals surface area (Å²) in [5.74, 6) is -1.53. The molecule has 0 radical (unpaired) electrons. The molecule has 0 aliphatic rings. The van der Waals surface area contributed by atoms with E-state index in [1.54, 1.807) is 49.4 Å². The zero-order valence-corrected chi connectivity index (χ0v) is 24.4. The van der Waals surface area contributed by atoms with Crippen LogP contribution in [0.4, 0.5) is 10.1 Å². The minimum atomic E-state index is -3.76. The number of amides is 1. The minimum Gasteiger partial charge on any atom is -0.318 e. The van der Waals surface area contributed by atoms with Crippen molar-refractivity contribution < 1.29 is 26.0 Å². The van der Waals surface area contributed by atoms with Crippen molar-refractivity contribution in [3.63, 3.8) is 0 Å². The van der Waals surface area contributed by atoms with E-state index in [9.17, 15) is 21.6 Å². The maximum Gasteiger partial charge on any atom is 0.274 e. The molecule has 12 heteroatoms. The van der Waals surface area contributed by atoms with E-state index in [4.69, 9.17) is 11.6 Å². The zero-order valence-electron chi connectivity index (χ0n) is 22.0. The van der Waals surface area contributed by atoms with Crippen molar-refractivity contribution in [3.05, 3.63) is 101 Å². The maximum absolute atomic E-state index is 15.2. The molecule has 0 unspecified atom stereocenters. The molecule has 0 atom stereocenters. The summed E-state index contributed by atoms with van der Waals surface area (Å²) in [6.45, 7) is 1.64. The van der Waals surface area contributed by atoms with E-state index in [-0.39, 0.29) is 26.9 Å². The number of anilines is 1. The number of aryl methyl sites for hydroxylation is 1. The minimum absolute atomic E-state index is 0.0281. The molecule has 0 aliphatic carbocycles. The van der Waals surface area contributed by atoms with Crippen molar-refractivity contribution in [1.82, 2.24) is 9.78 Å². The van der Waals surface area contributed by atoms with Crippen molar-refractivity contribution in [2.24, 2.45) is 0 Å². The number of nitrogens with zero attached hydrogens (tertiary/aromatic N) is 2. The predicted molar refractivity (Wildman–Crippen MR) is 157 cm³/mol. The summed E-state index contributed by atoms with van der Waals surface area (Å²) < 4.78 is 66.3. The topological polar surface area (TPSA) is 115 Å². The number of nitrogens with one attached hydrogen (secondary N) is 1. The van der Waals surface area contributed by atoms with Crippen LogP contribution in [0.5, 0.6) is 0 Å². The summed E-state index contributed by atoms with van der Waals surface area (Å²) in [4.78, 5) is 13.4. The van der Waals surface area contributed by atoms with Gasteiger partial charge in [0.2, 0.25) is 0 Å². The molecule has 1 N–H and O–H groups in total. The second kappa shape index (κ2) is 10.4. The zero-order chi connectivity index (χ0) is 29.7. The average Bonchev–Trinajstić information content (AvgIpc) is 3.29. The molecular weight excluding hydrogens is 589 g/mol. The first-order valence-electron chi connectivity index (χ1n) is 12.1. The normalized spacial score (nSPS) is 12.0. The van der Waals surface area contributed by atoms with E-state index in [0.717, 1.165) is 18.6 Å². The lowest BCUT2D eigenvalue weighted by molar-refractivity contribution is 0.101. The summed E-state index contributed by atoms with van der Waals surface area (Å²) in [6, 6.07) is 19.7. The quantitative estimate of drug-likeness (QED) is 0.257. The Morgan fingerprint density at radius 2 is 1.56 bits per heavy atom. The molecule has 0 aliphatic heterocycles. The molecule has 5 aromatic rings. The van der Waals surface area contributed by atoms with Gasteiger partial charge in [-0.25, -0.2) is 25.9 Å². The van der Waals surface area contributed by atoms with Gasteiger partial charge in [0.15, 0.2) is 19.7 Å². The fraction of sp³-hybridized carbons (Fsp3) is 0.103. The molecular formula is C29H23ClFN3O5S2. The number of halogens is 2. The van der Waals surface area contributed by atoms with E-state index >= 15 is 4.39 Å². The van der Waals surface area contributed by atoms with E-state index in [1.165, 1.54) is 35.0 Å². The van der Waals surface area contributed by atoms with Crippen molar-refractivity contribution in [1.29, 1.82) is 0 Å². The monoisotopic (exact) mass is 611 g/mol. The van der Waals surface area contributed by atoms with Gasteiger partial charge in [-0.2, -0.15) is 5.10 Å². The third-order valence-corrected chi connectivity index (χ3v) is 8.90. The van der Waals surface area contributed by atoms with Gasteiger partial charge in [-0.15, -0.1) is 0 Å². The summed E-state index contributed by atoms with van der Waals surface area (Å²) in [6.07, 6.45) is 2.13. The number of carbonyl (C=O) groups is 1. The fourth-order valence-electron chi connectivity index (χ4n) is 4.54. The van der Waals surface area contributed by atoms with Crippen LogP contribution < -0.4 is 5.32 Å². The molecule has 1 aromatic heterocycles. The van der Waals surface area contributed by atoms with Gasteiger partial charge >= 0.3 is 0 Å². The van der Waals surface area contributed by atoms with Gasteiger partial charge in [-0.05, 0) is 71.8 Å². The van der Waals surface area contributed by atoms with Crippen LogP contribution in [0, 0.1) is 12.7 Å². The second-order valence-electron chi connectivity index (χ2n) is 9.58. The van der Waals surface area contributed by atoms with Crippen LogP contribution in [0.1, 0.15) is 16.2 Å². The first-order chi connectivity index (χ1) is 19.2. The molecule has 1 heterocycles. The molecule has 5 rings (SSSR count). The number of hydrogen-bond donors (Lipinski definition) is 1. The van der Waals surface area contributed by atoms with E-state index in [2.05, 4.69) is 10.4 Å². The van der Waals surface area contributed by atoms with Crippen molar-refractivity contribution >= 4 is 53.6 Å². The number of hydrogen-bond acceptors (Lipinski definition) is 6. The van der Waals surface area contributed by atoms with Crippen molar-refractivity contribution in [2.45, 2.75) is 16.7 Å². The highest BCUT2D eigenvalue weighted by Crippen LogP contribution is 2.32. The largest absolute Gasteiger partial charge is 0.318 e. The maximum atomic E-state index is 15.2. The molecule has 0 spiro atoms. The Labute approximate surface area is 241 Å². The van der Waals surface area contributed by atoms with Gasteiger partial charge in [-0.3, -0.25) is 4.79 Å². The number of carbonyl (C=O) groups excluding carboxylic acids is 1. The summed E-state index contributed by atoms with van der Waals surface area (Å²) in [5, 5.41) is 8.59. The van der Waals surface area contributed by atoms with E-state index < -0.39 is 31.4 Å². The van der Waals surface area contributed by atoms with E-state index in [0.29, 0.717) is 32.6 Å². The van der Waals surface area contributed by atoms with Crippen LogP contribution in [-0.2, 0) is 19.7 Å². The highest BCUT2D eigenvalue weighted by Gasteiger charge is 2.23. The Hall–Kier alpha value is -4.06. The summed E-state index contributed by atoms with van der Waals surface area (Å²) in [5.41, 5.74) is 1.01. The Morgan fingerprint density at radius 3 is 2.24 bits per heavy atom. The van der Waals surface area contributed by atoms with Gasteiger partial charge in [0.25, 0.3) is 5.91 Å². The molecule has 210 valence electrons. The first-order valence-corrected chi connectivity index (χ1v) is 16.3. The average molecular weight is 612 g/mol. The second-order valence-corrected chi connectivity index (χ2v) is 14.0. The molecule has 4 aromatic carbocycles. The standard InChI is InChI=1S/C29H23ClFN3O5S2/c1-17-12-26(34(33-17)25-15-20-13-21(30)10-8-18(20)16-28(25)41(3,38)39)29(35)32-24-11-9-19(14-23(24)31)22-6-4-5-7-27(22)40(2,36)37/h4-16H,1-3H3,(H,32,35). The number of fused-ring (bicyclic) bond motifs is 1. The molecule has 8 nitrogen and oxygen atoms in total. The third-order valence-electron chi connectivity index (χ3n) is 6.39. The van der Waals surface area contributed by atoms with Gasteiger partial charge in [-0.1, -0.05) is 41.9 Å². The predicted octanol–water partition coefficient (Wildman–Crippen LogP) is 5.85. The van der Waals surface area contributed by atoms with E-state index in [1.807, 2.05) is 0 Å². The lowest BCUT2D eigenvalue weighted by Crippen LogP contribution is -2.19. The number of rotatable bonds is 6. The smallest absolute Gasteiger partial charge is 0.274 e. The summed E-state index contributed by atoms with van der Waals surface area (Å²) in [7, 11) is -7.33. The van der Waals surface area contributed by atoms with Crippen LogP contribution in [0.15, 0.2) is 88.7 Å². The molecule has 41 heavy (non-hydrogen) atoms. The highest BCUT2D eigenvalue weighted by molar-refractivity contribution is 7.91. The Kier molecular flexibility index (Phi) is 7.22. The molecule has 0 bridgehead atoms. The Morgan fingerprint density at radius 1 is 0.854 bits per heavy atom. The lowest BCUT2D eigenvalue weighted by atomic mass is 10.0. The van der Waals surface area contributed by atoms with Gasteiger partial charge < -0.3 is 5.32 Å². The molecule has 0 saturated carbocycles. The first kappa shape index (κ1) is 28.5. The van der Waals surface area contributed by atoms with Crippen molar-refractivity contribution in [3.8, 4) is 16.8 Å². The van der Waals surface area contributed by atoms with Crippen LogP contribution >= 0.6 is 11.6 Å². The Balaban J connectivity index is 1.55. The highest BCUT2D eigenvalue weighted by atomic mass is 35.5. The van der Waals surface area contributed by atoms with Crippen LogP contribution in [-0.4, -0.2) is 45.0 Å².